The number of fused-ring (bicyclic) bond motifs is 4. The molecule has 2 aliphatic rings. The first-order valence-electron chi connectivity index (χ1n) is 10.9. The topological polar surface area (TPSA) is 37.5 Å². The van der Waals surface area contributed by atoms with Gasteiger partial charge in [-0.05, 0) is 66.1 Å². The minimum absolute atomic E-state index is 0.0799. The van der Waals surface area contributed by atoms with Crippen LogP contribution < -0.4 is 9.47 Å². The van der Waals surface area contributed by atoms with Crippen molar-refractivity contribution in [1.29, 1.82) is 0 Å². The third-order valence-corrected chi connectivity index (χ3v) is 6.56. The Bertz CT molecular complexity index is 1330. The Kier molecular flexibility index (Phi) is 4.80. The molecule has 6 rings (SSSR count). The number of hydrogen-bond acceptors (Lipinski definition) is 3. The van der Waals surface area contributed by atoms with Crippen LogP contribution in [0.5, 0.6) is 11.5 Å². The SMILES string of the molecule is Clc1cccc(C/C=C/N2CCc3c([nH]c4ccccc34)C2c2ccc3c(c2)OCO3)c1. The number of benzene rings is 3. The predicted octanol–water partition coefficient (Wildman–Crippen LogP) is 6.25. The molecule has 3 heterocycles. The van der Waals surface area contributed by atoms with E-state index in [4.69, 9.17) is 21.1 Å². The summed E-state index contributed by atoms with van der Waals surface area (Å²) in [5, 5.41) is 2.09. The molecule has 1 aromatic heterocycles. The van der Waals surface area contributed by atoms with Crippen LogP contribution in [-0.4, -0.2) is 23.2 Å². The Morgan fingerprint density at radius 2 is 1.91 bits per heavy atom. The van der Waals surface area contributed by atoms with Gasteiger partial charge in [-0.1, -0.05) is 54.1 Å². The van der Waals surface area contributed by atoms with Crippen LogP contribution >= 0.6 is 11.6 Å². The van der Waals surface area contributed by atoms with E-state index in [9.17, 15) is 0 Å². The number of halogens is 1. The number of aromatic amines is 1. The van der Waals surface area contributed by atoms with E-state index in [1.54, 1.807) is 0 Å². The van der Waals surface area contributed by atoms with E-state index in [2.05, 4.69) is 64.6 Å². The van der Waals surface area contributed by atoms with Gasteiger partial charge in [-0.25, -0.2) is 0 Å². The summed E-state index contributed by atoms with van der Waals surface area (Å²) < 4.78 is 11.2. The molecule has 4 aromatic rings. The monoisotopic (exact) mass is 442 g/mol. The van der Waals surface area contributed by atoms with Gasteiger partial charge in [-0.3, -0.25) is 0 Å². The zero-order chi connectivity index (χ0) is 21.5. The maximum atomic E-state index is 6.16. The summed E-state index contributed by atoms with van der Waals surface area (Å²) in [7, 11) is 0. The van der Waals surface area contributed by atoms with E-state index in [1.165, 1.54) is 33.3 Å². The Hall–Kier alpha value is -3.37. The third kappa shape index (κ3) is 3.41. The molecule has 1 N–H and O–H groups in total. The number of H-pyrrole nitrogens is 1. The average Bonchev–Trinajstić information content (AvgIpc) is 3.43. The van der Waals surface area contributed by atoms with Gasteiger partial charge < -0.3 is 19.4 Å². The lowest BCUT2D eigenvalue weighted by molar-refractivity contribution is 0.174. The number of nitrogens with one attached hydrogen (secondary N) is 1. The van der Waals surface area contributed by atoms with Crippen LogP contribution in [0, 0.1) is 0 Å². The summed E-state index contributed by atoms with van der Waals surface area (Å²) in [4.78, 5) is 6.13. The standard InChI is InChI=1S/C27H23ClN2O2/c28-20-7-3-5-18(15-20)6-4-13-30-14-12-22-21-8-1-2-9-23(21)29-26(22)27(30)19-10-11-24-25(16-19)32-17-31-24/h1-5,7-11,13,15-16,27,29H,6,12,14,17H2/b13-4+. The molecule has 1 atom stereocenters. The number of rotatable bonds is 4. The van der Waals surface area contributed by atoms with E-state index < -0.39 is 0 Å². The molecular weight excluding hydrogens is 420 g/mol. The molecule has 4 nitrogen and oxygen atoms in total. The predicted molar refractivity (Wildman–Crippen MR) is 127 cm³/mol. The number of para-hydroxylation sites is 1. The molecule has 5 heteroatoms. The molecule has 160 valence electrons. The fourth-order valence-corrected chi connectivity index (χ4v) is 5.06. The molecule has 32 heavy (non-hydrogen) atoms. The van der Waals surface area contributed by atoms with Crippen molar-refractivity contribution in [2.45, 2.75) is 18.9 Å². The molecule has 0 aliphatic carbocycles. The quantitative estimate of drug-likeness (QED) is 0.405. The van der Waals surface area contributed by atoms with E-state index in [1.807, 2.05) is 24.3 Å². The number of aromatic nitrogens is 1. The molecule has 0 saturated carbocycles. The van der Waals surface area contributed by atoms with Crippen molar-refractivity contribution >= 4 is 22.5 Å². The summed E-state index contributed by atoms with van der Waals surface area (Å²) in [6, 6.07) is 23.0. The number of allylic oxidation sites excluding steroid dienone is 1. The van der Waals surface area contributed by atoms with Crippen LogP contribution in [0.1, 0.15) is 28.4 Å². The largest absolute Gasteiger partial charge is 0.454 e. The van der Waals surface area contributed by atoms with Crippen LogP contribution in [-0.2, 0) is 12.8 Å². The second kappa shape index (κ2) is 7.95. The summed E-state index contributed by atoms with van der Waals surface area (Å²) >= 11 is 6.16. The fourth-order valence-electron chi connectivity index (χ4n) is 4.85. The Balaban J connectivity index is 1.39. The number of nitrogens with zero attached hydrogens (tertiary/aromatic N) is 1. The molecule has 0 bridgehead atoms. The minimum atomic E-state index is 0.0799. The Labute approximate surface area is 192 Å². The third-order valence-electron chi connectivity index (χ3n) is 6.32. The van der Waals surface area contributed by atoms with Crippen LogP contribution in [0.3, 0.4) is 0 Å². The summed E-state index contributed by atoms with van der Waals surface area (Å²) in [5.74, 6) is 1.62. The van der Waals surface area contributed by atoms with Gasteiger partial charge in [0.25, 0.3) is 0 Å². The van der Waals surface area contributed by atoms with Crippen molar-refractivity contribution in [3.05, 3.63) is 106 Å². The van der Waals surface area contributed by atoms with E-state index in [-0.39, 0.29) is 12.8 Å². The van der Waals surface area contributed by atoms with Gasteiger partial charge in [-0.15, -0.1) is 0 Å². The van der Waals surface area contributed by atoms with Gasteiger partial charge in [0.15, 0.2) is 11.5 Å². The van der Waals surface area contributed by atoms with Crippen molar-refractivity contribution in [1.82, 2.24) is 9.88 Å². The summed E-state index contributed by atoms with van der Waals surface area (Å²) in [6.07, 6.45) is 6.29. The molecule has 0 radical (unpaired) electrons. The molecule has 1 unspecified atom stereocenters. The highest BCUT2D eigenvalue weighted by molar-refractivity contribution is 6.30. The first kappa shape index (κ1) is 19.3. The lowest BCUT2D eigenvalue weighted by Gasteiger charge is -2.35. The maximum Gasteiger partial charge on any atom is 0.231 e. The average molecular weight is 443 g/mol. The first-order chi connectivity index (χ1) is 15.8. The van der Waals surface area contributed by atoms with Gasteiger partial charge in [-0.2, -0.15) is 0 Å². The fraction of sp³-hybridized carbons (Fsp3) is 0.185. The highest BCUT2D eigenvalue weighted by Crippen LogP contribution is 2.42. The summed E-state index contributed by atoms with van der Waals surface area (Å²) in [5.41, 5.74) is 6.24. The first-order valence-corrected chi connectivity index (χ1v) is 11.3. The zero-order valence-corrected chi connectivity index (χ0v) is 18.3. The van der Waals surface area contributed by atoms with Crippen LogP contribution in [0.15, 0.2) is 79.0 Å². The van der Waals surface area contributed by atoms with E-state index >= 15 is 0 Å². The van der Waals surface area contributed by atoms with Crippen molar-refractivity contribution in [2.24, 2.45) is 0 Å². The second-order valence-electron chi connectivity index (χ2n) is 8.28. The van der Waals surface area contributed by atoms with Gasteiger partial charge in [0.05, 0.1) is 6.04 Å². The molecule has 0 saturated heterocycles. The molecule has 3 aromatic carbocycles. The van der Waals surface area contributed by atoms with Crippen LogP contribution in [0.4, 0.5) is 0 Å². The normalized spacial score (nSPS) is 17.3. The lowest BCUT2D eigenvalue weighted by atomic mass is 9.92. The van der Waals surface area contributed by atoms with Crippen molar-refractivity contribution < 1.29 is 9.47 Å². The lowest BCUT2D eigenvalue weighted by Crippen LogP contribution is -2.32. The highest BCUT2D eigenvalue weighted by Gasteiger charge is 2.31. The van der Waals surface area contributed by atoms with Crippen molar-refractivity contribution in [2.75, 3.05) is 13.3 Å². The van der Waals surface area contributed by atoms with Crippen LogP contribution in [0.25, 0.3) is 10.9 Å². The molecule has 0 amide bonds. The smallest absolute Gasteiger partial charge is 0.231 e. The molecule has 0 spiro atoms. The highest BCUT2D eigenvalue weighted by atomic mass is 35.5. The van der Waals surface area contributed by atoms with E-state index in [0.717, 1.165) is 35.9 Å². The second-order valence-corrected chi connectivity index (χ2v) is 8.72. The van der Waals surface area contributed by atoms with Gasteiger partial charge in [0.2, 0.25) is 6.79 Å². The van der Waals surface area contributed by atoms with Crippen molar-refractivity contribution in [3.8, 4) is 11.5 Å². The Morgan fingerprint density at radius 1 is 1.00 bits per heavy atom. The van der Waals surface area contributed by atoms with Crippen LogP contribution in [0.2, 0.25) is 5.02 Å². The molecular formula is C27H23ClN2O2. The van der Waals surface area contributed by atoms with Gasteiger partial charge >= 0.3 is 0 Å². The number of ether oxygens (including phenoxy) is 2. The maximum absolute atomic E-state index is 6.16. The van der Waals surface area contributed by atoms with Gasteiger partial charge in [0.1, 0.15) is 0 Å². The zero-order valence-electron chi connectivity index (χ0n) is 17.6. The van der Waals surface area contributed by atoms with Crippen molar-refractivity contribution in [3.63, 3.8) is 0 Å². The Morgan fingerprint density at radius 3 is 2.84 bits per heavy atom. The van der Waals surface area contributed by atoms with E-state index in [0.29, 0.717) is 0 Å². The minimum Gasteiger partial charge on any atom is -0.454 e. The molecule has 0 fully saturated rings. The molecule has 2 aliphatic heterocycles. The van der Waals surface area contributed by atoms with Gasteiger partial charge in [0, 0.05) is 28.2 Å². The summed E-state index contributed by atoms with van der Waals surface area (Å²) in [6.45, 7) is 1.23. The number of hydrogen-bond donors (Lipinski definition) is 1.